The van der Waals surface area contributed by atoms with Crippen molar-refractivity contribution in [2.75, 3.05) is 29.5 Å². The molecular formula is C19H23N3O7S. The molecule has 0 aliphatic heterocycles. The average Bonchev–Trinajstić information content (AvgIpc) is 2.66. The predicted molar refractivity (Wildman–Crippen MR) is 113 cm³/mol. The highest BCUT2D eigenvalue weighted by Crippen LogP contribution is 2.34. The normalized spacial score (nSPS) is 11.1. The van der Waals surface area contributed by atoms with Crippen molar-refractivity contribution in [3.63, 3.8) is 0 Å². The molecule has 11 heteroatoms. The van der Waals surface area contributed by atoms with Gasteiger partial charge in [-0.25, -0.2) is 8.42 Å². The Kier molecular flexibility index (Phi) is 7.22. The van der Waals surface area contributed by atoms with Crippen LogP contribution in [0.3, 0.4) is 0 Å². The van der Waals surface area contributed by atoms with Gasteiger partial charge in [-0.1, -0.05) is 12.1 Å². The molecule has 0 saturated carbocycles. The number of non-ortho nitro benzene ring substituents is 1. The van der Waals surface area contributed by atoms with Gasteiger partial charge in [0, 0.05) is 12.1 Å². The second-order valence-electron chi connectivity index (χ2n) is 6.59. The molecule has 30 heavy (non-hydrogen) atoms. The SMILES string of the molecule is COc1ccc([N+](=O)[O-])cc1N(CC(=O)Nc1ccccc1OC(C)C)S(C)(=O)=O. The maximum absolute atomic E-state index is 12.7. The maximum Gasteiger partial charge on any atom is 0.271 e. The number of para-hydroxylation sites is 2. The highest BCUT2D eigenvalue weighted by Gasteiger charge is 2.26. The number of ether oxygens (including phenoxy) is 2. The number of carbonyl (C=O) groups is 1. The van der Waals surface area contributed by atoms with Crippen LogP contribution in [0.1, 0.15) is 13.8 Å². The molecule has 2 aromatic rings. The molecule has 0 heterocycles. The third-order valence-electron chi connectivity index (χ3n) is 3.85. The molecule has 10 nitrogen and oxygen atoms in total. The average molecular weight is 437 g/mol. The number of carbonyl (C=O) groups excluding carboxylic acids is 1. The van der Waals surface area contributed by atoms with E-state index in [0.717, 1.165) is 16.6 Å². The van der Waals surface area contributed by atoms with Crippen LogP contribution in [0.2, 0.25) is 0 Å². The van der Waals surface area contributed by atoms with Gasteiger partial charge >= 0.3 is 0 Å². The van der Waals surface area contributed by atoms with Crippen molar-refractivity contribution < 1.29 is 27.6 Å². The monoisotopic (exact) mass is 437 g/mol. The van der Waals surface area contributed by atoms with Crippen molar-refractivity contribution in [3.8, 4) is 11.5 Å². The lowest BCUT2D eigenvalue weighted by molar-refractivity contribution is -0.384. The van der Waals surface area contributed by atoms with Gasteiger partial charge in [0.05, 0.1) is 30.1 Å². The van der Waals surface area contributed by atoms with Crippen LogP contribution < -0.4 is 19.1 Å². The van der Waals surface area contributed by atoms with Crippen LogP contribution in [0.4, 0.5) is 17.1 Å². The minimum absolute atomic E-state index is 0.0716. The van der Waals surface area contributed by atoms with E-state index in [2.05, 4.69) is 5.32 Å². The predicted octanol–water partition coefficient (Wildman–Crippen LogP) is 2.80. The fraction of sp³-hybridized carbons (Fsp3) is 0.316. The van der Waals surface area contributed by atoms with Crippen LogP contribution in [0, 0.1) is 10.1 Å². The highest BCUT2D eigenvalue weighted by molar-refractivity contribution is 7.92. The largest absolute Gasteiger partial charge is 0.495 e. The zero-order chi connectivity index (χ0) is 22.5. The summed E-state index contributed by atoms with van der Waals surface area (Å²) in [4.78, 5) is 23.1. The first kappa shape index (κ1) is 22.9. The Morgan fingerprint density at radius 1 is 1.20 bits per heavy atom. The summed E-state index contributed by atoms with van der Waals surface area (Å²) in [6.45, 7) is 3.05. The maximum atomic E-state index is 12.7. The summed E-state index contributed by atoms with van der Waals surface area (Å²) in [5.41, 5.74) is -0.0812. The molecule has 0 saturated heterocycles. The number of rotatable bonds is 9. The minimum atomic E-state index is -3.97. The molecule has 2 aromatic carbocycles. The Labute approximate surface area is 174 Å². The third-order valence-corrected chi connectivity index (χ3v) is 4.98. The number of sulfonamides is 1. The Hall–Kier alpha value is -3.34. The molecule has 0 radical (unpaired) electrons. The van der Waals surface area contributed by atoms with E-state index in [1.165, 1.54) is 19.2 Å². The first-order valence-corrected chi connectivity index (χ1v) is 10.7. The lowest BCUT2D eigenvalue weighted by Crippen LogP contribution is -2.37. The zero-order valence-corrected chi connectivity index (χ0v) is 17.8. The molecule has 0 aromatic heterocycles. The van der Waals surface area contributed by atoms with Gasteiger partial charge in [-0.05, 0) is 32.0 Å². The van der Waals surface area contributed by atoms with E-state index < -0.39 is 27.4 Å². The quantitative estimate of drug-likeness (QED) is 0.472. The van der Waals surface area contributed by atoms with Gasteiger partial charge < -0.3 is 14.8 Å². The van der Waals surface area contributed by atoms with Crippen molar-refractivity contribution in [1.82, 2.24) is 0 Å². The first-order valence-electron chi connectivity index (χ1n) is 8.88. The number of amides is 1. The number of nitro groups is 1. The first-order chi connectivity index (χ1) is 14.0. The lowest BCUT2D eigenvalue weighted by Gasteiger charge is -2.24. The van der Waals surface area contributed by atoms with E-state index in [1.54, 1.807) is 24.3 Å². The Morgan fingerprint density at radius 3 is 2.43 bits per heavy atom. The molecule has 2 rings (SSSR count). The van der Waals surface area contributed by atoms with Crippen molar-refractivity contribution in [1.29, 1.82) is 0 Å². The van der Waals surface area contributed by atoms with Gasteiger partial charge in [0.25, 0.3) is 5.69 Å². The summed E-state index contributed by atoms with van der Waals surface area (Å²) in [5.74, 6) is -0.157. The summed E-state index contributed by atoms with van der Waals surface area (Å²) in [7, 11) is -2.67. The van der Waals surface area contributed by atoms with Crippen LogP contribution in [0.15, 0.2) is 42.5 Å². The summed E-state index contributed by atoms with van der Waals surface area (Å²) in [5, 5.41) is 13.7. The van der Waals surface area contributed by atoms with E-state index in [-0.39, 0.29) is 23.2 Å². The van der Waals surface area contributed by atoms with Gasteiger partial charge in [-0.15, -0.1) is 0 Å². The number of anilines is 2. The van der Waals surface area contributed by atoms with E-state index >= 15 is 0 Å². The van der Waals surface area contributed by atoms with Crippen LogP contribution >= 0.6 is 0 Å². The minimum Gasteiger partial charge on any atom is -0.495 e. The number of nitrogens with zero attached hydrogens (tertiary/aromatic N) is 2. The molecule has 0 spiro atoms. The summed E-state index contributed by atoms with van der Waals surface area (Å²) in [6.07, 6.45) is 0.763. The van der Waals surface area contributed by atoms with Gasteiger partial charge in [0.1, 0.15) is 23.7 Å². The zero-order valence-electron chi connectivity index (χ0n) is 17.0. The van der Waals surface area contributed by atoms with Crippen LogP contribution in [-0.4, -0.2) is 45.3 Å². The van der Waals surface area contributed by atoms with E-state index in [1.807, 2.05) is 13.8 Å². The van der Waals surface area contributed by atoms with Crippen LogP contribution in [-0.2, 0) is 14.8 Å². The molecule has 1 N–H and O–H groups in total. The Morgan fingerprint density at radius 2 is 1.87 bits per heavy atom. The van der Waals surface area contributed by atoms with E-state index in [9.17, 15) is 23.3 Å². The summed E-state index contributed by atoms with van der Waals surface area (Å²) >= 11 is 0. The Balaban J connectivity index is 2.37. The molecule has 0 fully saturated rings. The molecule has 1 amide bonds. The number of benzene rings is 2. The van der Waals surface area contributed by atoms with Gasteiger partial charge in [0.15, 0.2) is 0 Å². The molecule has 162 valence electrons. The van der Waals surface area contributed by atoms with Gasteiger partial charge in [0.2, 0.25) is 15.9 Å². The van der Waals surface area contributed by atoms with Gasteiger partial charge in [-0.3, -0.25) is 19.2 Å². The number of nitro benzene ring substituents is 1. The molecular weight excluding hydrogens is 414 g/mol. The van der Waals surface area contributed by atoms with E-state index in [0.29, 0.717) is 11.4 Å². The fourth-order valence-electron chi connectivity index (χ4n) is 2.61. The van der Waals surface area contributed by atoms with E-state index in [4.69, 9.17) is 9.47 Å². The van der Waals surface area contributed by atoms with Crippen LogP contribution in [0.25, 0.3) is 0 Å². The van der Waals surface area contributed by atoms with Crippen molar-refractivity contribution in [3.05, 3.63) is 52.6 Å². The van der Waals surface area contributed by atoms with Crippen molar-refractivity contribution in [2.24, 2.45) is 0 Å². The molecule has 0 aliphatic rings. The van der Waals surface area contributed by atoms with Crippen LogP contribution in [0.5, 0.6) is 11.5 Å². The number of nitrogens with one attached hydrogen (secondary N) is 1. The second-order valence-corrected chi connectivity index (χ2v) is 8.50. The number of hydrogen-bond acceptors (Lipinski definition) is 7. The molecule has 0 aliphatic carbocycles. The summed E-state index contributed by atoms with van der Waals surface area (Å²) in [6, 6.07) is 10.2. The number of methoxy groups -OCH3 is 1. The topological polar surface area (TPSA) is 128 Å². The fourth-order valence-corrected chi connectivity index (χ4v) is 3.47. The number of hydrogen-bond donors (Lipinski definition) is 1. The second kappa shape index (κ2) is 9.44. The van der Waals surface area contributed by atoms with Crippen molar-refractivity contribution in [2.45, 2.75) is 20.0 Å². The van der Waals surface area contributed by atoms with Crippen molar-refractivity contribution >= 4 is 33.0 Å². The molecule has 0 unspecified atom stereocenters. The third kappa shape index (κ3) is 5.83. The molecule has 0 bridgehead atoms. The lowest BCUT2D eigenvalue weighted by atomic mass is 10.2. The smallest absolute Gasteiger partial charge is 0.271 e. The standard InChI is InChI=1S/C19H23N3O7S/c1-13(2)29-17-8-6-5-7-15(17)20-19(23)12-21(30(4,26)27)16-11-14(22(24)25)9-10-18(16)28-3/h5-11,13H,12H2,1-4H3,(H,20,23). The molecule has 0 atom stereocenters. The highest BCUT2D eigenvalue weighted by atomic mass is 32.2. The van der Waals surface area contributed by atoms with Gasteiger partial charge in [-0.2, -0.15) is 0 Å². The Bertz CT molecular complexity index is 1040. The summed E-state index contributed by atoms with van der Waals surface area (Å²) < 4.78 is 36.3.